The molecule has 1 N–H and O–H groups in total. The van der Waals surface area contributed by atoms with Gasteiger partial charge in [-0.05, 0) is 5.92 Å². The molecule has 4 nitrogen and oxygen atoms in total. The van der Waals surface area contributed by atoms with Crippen molar-refractivity contribution in [1.29, 1.82) is 0 Å². The van der Waals surface area contributed by atoms with Crippen molar-refractivity contribution in [1.82, 2.24) is 9.55 Å². The maximum Gasteiger partial charge on any atom is 0.411 e. The fraction of sp³-hybridized carbons (Fsp3) is 0.727. The highest BCUT2D eigenvalue weighted by atomic mass is 19.4. The third kappa shape index (κ3) is 5.90. The Labute approximate surface area is 104 Å². The second kappa shape index (κ2) is 6.63. The predicted molar refractivity (Wildman–Crippen MR) is 62.4 cm³/mol. The van der Waals surface area contributed by atoms with Gasteiger partial charge in [0.05, 0.1) is 6.61 Å². The highest BCUT2D eigenvalue weighted by molar-refractivity contribution is 5.25. The van der Waals surface area contributed by atoms with E-state index in [0.29, 0.717) is 18.4 Å². The van der Waals surface area contributed by atoms with Crippen molar-refractivity contribution in [3.63, 3.8) is 0 Å². The molecule has 0 radical (unpaired) electrons. The smallest absolute Gasteiger partial charge is 0.370 e. The van der Waals surface area contributed by atoms with E-state index < -0.39 is 12.8 Å². The minimum absolute atomic E-state index is 0.00618. The fourth-order valence-electron chi connectivity index (χ4n) is 1.30. The highest BCUT2D eigenvalue weighted by Crippen LogP contribution is 2.14. The standard InChI is InChI=1S/C11H18F3N3O/c1-9(2)7-16-10-15-3-4-17(10)5-6-18-8-11(12,13)14/h3-4,9H,5-8H2,1-2H3,(H,15,16). The van der Waals surface area contributed by atoms with Crippen LogP contribution in [0.25, 0.3) is 0 Å². The molecule has 0 saturated carbocycles. The minimum Gasteiger partial charge on any atom is -0.370 e. The zero-order chi connectivity index (χ0) is 13.6. The normalized spacial score (nSPS) is 12.1. The first-order valence-electron chi connectivity index (χ1n) is 5.78. The zero-order valence-corrected chi connectivity index (χ0v) is 10.5. The Kier molecular flexibility index (Phi) is 5.46. The van der Waals surface area contributed by atoms with Gasteiger partial charge in [-0.1, -0.05) is 13.8 Å². The van der Waals surface area contributed by atoms with E-state index in [0.717, 1.165) is 6.54 Å². The highest BCUT2D eigenvalue weighted by Gasteiger charge is 2.27. The monoisotopic (exact) mass is 265 g/mol. The first-order valence-corrected chi connectivity index (χ1v) is 5.78. The number of rotatable bonds is 7. The van der Waals surface area contributed by atoms with Crippen LogP contribution in [0.5, 0.6) is 0 Å². The van der Waals surface area contributed by atoms with Gasteiger partial charge in [0.15, 0.2) is 0 Å². The lowest BCUT2D eigenvalue weighted by atomic mass is 10.2. The van der Waals surface area contributed by atoms with Crippen molar-refractivity contribution in [3.8, 4) is 0 Å². The van der Waals surface area contributed by atoms with Gasteiger partial charge in [0.2, 0.25) is 5.95 Å². The van der Waals surface area contributed by atoms with Gasteiger partial charge in [0, 0.05) is 25.5 Å². The average molecular weight is 265 g/mol. The molecule has 0 spiro atoms. The third-order valence-corrected chi connectivity index (χ3v) is 2.13. The number of aromatic nitrogens is 2. The number of nitrogens with one attached hydrogen (secondary N) is 1. The van der Waals surface area contributed by atoms with E-state index in [9.17, 15) is 13.2 Å². The Balaban J connectivity index is 2.32. The quantitative estimate of drug-likeness (QED) is 0.770. The van der Waals surface area contributed by atoms with Crippen LogP contribution in [0.3, 0.4) is 0 Å². The number of hydrogen-bond acceptors (Lipinski definition) is 3. The van der Waals surface area contributed by atoms with E-state index in [-0.39, 0.29) is 6.61 Å². The number of ether oxygens (including phenoxy) is 1. The Hall–Kier alpha value is -1.24. The second-order valence-corrected chi connectivity index (χ2v) is 4.39. The van der Waals surface area contributed by atoms with E-state index in [1.54, 1.807) is 17.0 Å². The van der Waals surface area contributed by atoms with Crippen LogP contribution in [0.4, 0.5) is 19.1 Å². The van der Waals surface area contributed by atoms with E-state index in [4.69, 9.17) is 0 Å². The number of anilines is 1. The molecule has 0 fully saturated rings. The minimum atomic E-state index is -4.27. The lowest BCUT2D eigenvalue weighted by Gasteiger charge is -2.12. The van der Waals surface area contributed by atoms with Gasteiger partial charge in [0.25, 0.3) is 0 Å². The Morgan fingerprint density at radius 2 is 2.17 bits per heavy atom. The molecule has 0 aliphatic carbocycles. The Morgan fingerprint density at radius 1 is 1.44 bits per heavy atom. The number of hydrogen-bond donors (Lipinski definition) is 1. The first-order chi connectivity index (χ1) is 8.38. The van der Waals surface area contributed by atoms with Crippen LogP contribution in [-0.2, 0) is 11.3 Å². The molecular weight excluding hydrogens is 247 g/mol. The second-order valence-electron chi connectivity index (χ2n) is 4.39. The van der Waals surface area contributed by atoms with Gasteiger partial charge in [0.1, 0.15) is 6.61 Å². The van der Waals surface area contributed by atoms with Crippen LogP contribution in [-0.4, -0.2) is 35.5 Å². The molecule has 0 aliphatic heterocycles. The molecule has 0 atom stereocenters. The van der Waals surface area contributed by atoms with Gasteiger partial charge >= 0.3 is 6.18 Å². The van der Waals surface area contributed by atoms with E-state index >= 15 is 0 Å². The van der Waals surface area contributed by atoms with Crippen LogP contribution in [0, 0.1) is 5.92 Å². The number of imidazole rings is 1. The van der Waals surface area contributed by atoms with E-state index in [1.165, 1.54) is 0 Å². The van der Waals surface area contributed by atoms with Crippen molar-refractivity contribution >= 4 is 5.95 Å². The van der Waals surface area contributed by atoms with Crippen molar-refractivity contribution in [2.75, 3.05) is 25.1 Å². The topological polar surface area (TPSA) is 39.1 Å². The van der Waals surface area contributed by atoms with Gasteiger partial charge in [-0.3, -0.25) is 0 Å². The summed E-state index contributed by atoms with van der Waals surface area (Å²) in [5, 5.41) is 3.12. The summed E-state index contributed by atoms with van der Waals surface area (Å²) in [6.07, 6.45) is -0.959. The van der Waals surface area contributed by atoms with Gasteiger partial charge < -0.3 is 14.6 Å². The summed E-state index contributed by atoms with van der Waals surface area (Å²) in [5.41, 5.74) is 0. The molecule has 1 aromatic rings. The largest absolute Gasteiger partial charge is 0.411 e. The maximum atomic E-state index is 11.9. The third-order valence-electron chi connectivity index (χ3n) is 2.13. The zero-order valence-electron chi connectivity index (χ0n) is 10.5. The van der Waals surface area contributed by atoms with Crippen LogP contribution >= 0.6 is 0 Å². The molecule has 1 aromatic heterocycles. The Bertz CT molecular complexity index is 350. The average Bonchev–Trinajstić information content (AvgIpc) is 2.67. The summed E-state index contributed by atoms with van der Waals surface area (Å²) in [6.45, 7) is 4.03. The summed E-state index contributed by atoms with van der Waals surface area (Å²) < 4.78 is 41.8. The first kappa shape index (κ1) is 14.8. The maximum absolute atomic E-state index is 11.9. The van der Waals surface area contributed by atoms with Gasteiger partial charge in [-0.25, -0.2) is 4.98 Å². The SMILES string of the molecule is CC(C)CNc1nccn1CCOCC(F)(F)F. The van der Waals surface area contributed by atoms with Crippen LogP contribution < -0.4 is 5.32 Å². The van der Waals surface area contributed by atoms with Crippen LogP contribution in [0.1, 0.15) is 13.8 Å². The molecule has 0 amide bonds. The van der Waals surface area contributed by atoms with E-state index in [2.05, 4.69) is 28.9 Å². The molecule has 0 unspecified atom stereocenters. The van der Waals surface area contributed by atoms with Crippen molar-refractivity contribution in [2.24, 2.45) is 5.92 Å². The summed E-state index contributed by atoms with van der Waals surface area (Å²) in [5.74, 6) is 1.12. The Morgan fingerprint density at radius 3 is 2.78 bits per heavy atom. The van der Waals surface area contributed by atoms with Crippen molar-refractivity contribution in [2.45, 2.75) is 26.6 Å². The number of alkyl halides is 3. The van der Waals surface area contributed by atoms with Crippen LogP contribution in [0.2, 0.25) is 0 Å². The number of nitrogens with zero attached hydrogens (tertiary/aromatic N) is 2. The van der Waals surface area contributed by atoms with Gasteiger partial charge in [-0.15, -0.1) is 0 Å². The molecule has 7 heteroatoms. The lowest BCUT2D eigenvalue weighted by molar-refractivity contribution is -0.174. The molecule has 104 valence electrons. The van der Waals surface area contributed by atoms with Gasteiger partial charge in [-0.2, -0.15) is 13.2 Å². The molecule has 1 heterocycles. The number of halogens is 3. The molecule has 0 aromatic carbocycles. The predicted octanol–water partition coefficient (Wildman–Crippen LogP) is 2.53. The summed E-state index contributed by atoms with van der Waals surface area (Å²) in [7, 11) is 0. The lowest BCUT2D eigenvalue weighted by Crippen LogP contribution is -2.19. The molecule has 0 aliphatic rings. The van der Waals surface area contributed by atoms with Crippen LogP contribution in [0.15, 0.2) is 12.4 Å². The molecule has 0 bridgehead atoms. The fourth-order valence-corrected chi connectivity index (χ4v) is 1.30. The molecule has 18 heavy (non-hydrogen) atoms. The molecule has 0 saturated heterocycles. The molecular formula is C11H18F3N3O. The van der Waals surface area contributed by atoms with Crippen molar-refractivity contribution in [3.05, 3.63) is 12.4 Å². The summed E-state index contributed by atoms with van der Waals surface area (Å²) >= 11 is 0. The summed E-state index contributed by atoms with van der Waals surface area (Å²) in [6, 6.07) is 0. The van der Waals surface area contributed by atoms with Crippen molar-refractivity contribution < 1.29 is 17.9 Å². The summed E-state index contributed by atoms with van der Waals surface area (Å²) in [4.78, 5) is 4.09. The van der Waals surface area contributed by atoms with E-state index in [1.807, 2.05) is 0 Å². The molecule has 1 rings (SSSR count).